The zero-order valence-electron chi connectivity index (χ0n) is 13.5. The van der Waals surface area contributed by atoms with Gasteiger partial charge in [0.2, 0.25) is 5.75 Å². The summed E-state index contributed by atoms with van der Waals surface area (Å²) in [6, 6.07) is 2.55. The van der Waals surface area contributed by atoms with Crippen LogP contribution in [0.15, 0.2) is 12.1 Å². The second kappa shape index (κ2) is 9.39. The van der Waals surface area contributed by atoms with Crippen LogP contribution in [-0.2, 0) is 4.79 Å². The van der Waals surface area contributed by atoms with E-state index in [0.29, 0.717) is 42.8 Å². The Balaban J connectivity index is 3.02. The third-order valence-corrected chi connectivity index (χ3v) is 2.57. The highest BCUT2D eigenvalue weighted by atomic mass is 16.5. The molecule has 0 aliphatic rings. The molecule has 128 valence electrons. The van der Waals surface area contributed by atoms with E-state index in [1.165, 1.54) is 0 Å². The van der Waals surface area contributed by atoms with Crippen LogP contribution in [0.3, 0.4) is 0 Å². The fraction of sp³-hybridized carbons (Fsp3) is 0.467. The molecule has 8 nitrogen and oxygen atoms in total. The number of carbonyl (C=O) groups excluding carboxylic acids is 1. The number of urea groups is 1. The maximum Gasteiger partial charge on any atom is 0.323 e. The molecule has 0 saturated carbocycles. The number of rotatable bonds is 9. The molecule has 2 amide bonds. The lowest BCUT2D eigenvalue weighted by atomic mass is 10.2. The molecule has 1 rings (SSSR count). The smallest absolute Gasteiger partial charge is 0.323 e. The molecule has 0 spiro atoms. The SMILES string of the molecule is CCOc1cc(NC(=O)NCC(=O)O)cc(OCC)c1OCC. The summed E-state index contributed by atoms with van der Waals surface area (Å²) in [5, 5.41) is 13.3. The second-order valence-corrected chi connectivity index (χ2v) is 4.30. The van der Waals surface area contributed by atoms with Crippen LogP contribution < -0.4 is 24.8 Å². The lowest BCUT2D eigenvalue weighted by molar-refractivity contribution is -0.135. The van der Waals surface area contributed by atoms with E-state index in [1.807, 2.05) is 20.8 Å². The number of hydrogen-bond acceptors (Lipinski definition) is 5. The average Bonchev–Trinajstić information content (AvgIpc) is 2.49. The van der Waals surface area contributed by atoms with Crippen molar-refractivity contribution >= 4 is 17.7 Å². The number of carboxylic acid groups (broad SMARTS) is 1. The highest BCUT2D eigenvalue weighted by Gasteiger charge is 2.16. The van der Waals surface area contributed by atoms with Gasteiger partial charge in [0, 0.05) is 12.1 Å². The summed E-state index contributed by atoms with van der Waals surface area (Å²) in [5.41, 5.74) is 0.406. The summed E-state index contributed by atoms with van der Waals surface area (Å²) in [5.74, 6) is 0.215. The number of anilines is 1. The molecule has 0 radical (unpaired) electrons. The van der Waals surface area contributed by atoms with Gasteiger partial charge in [-0.3, -0.25) is 4.79 Å². The van der Waals surface area contributed by atoms with Gasteiger partial charge in [0.1, 0.15) is 6.54 Å². The Morgan fingerprint density at radius 1 is 1.00 bits per heavy atom. The summed E-state index contributed by atoms with van der Waals surface area (Å²) in [4.78, 5) is 22.1. The molecule has 0 unspecified atom stereocenters. The van der Waals surface area contributed by atoms with Crippen LogP contribution in [0.5, 0.6) is 17.2 Å². The van der Waals surface area contributed by atoms with E-state index in [4.69, 9.17) is 19.3 Å². The monoisotopic (exact) mass is 326 g/mol. The molecular weight excluding hydrogens is 304 g/mol. The van der Waals surface area contributed by atoms with Gasteiger partial charge in [0.25, 0.3) is 0 Å². The first kappa shape index (κ1) is 18.4. The lowest BCUT2D eigenvalue weighted by Crippen LogP contribution is -2.33. The standard InChI is InChI=1S/C15H22N2O6/c1-4-21-11-7-10(17-15(20)16-9-13(18)19)8-12(22-5-2)14(11)23-6-3/h7-8H,4-6,9H2,1-3H3,(H,18,19)(H2,16,17,20). The van der Waals surface area contributed by atoms with Gasteiger partial charge >= 0.3 is 12.0 Å². The molecule has 1 aromatic carbocycles. The number of carboxylic acids is 1. The van der Waals surface area contributed by atoms with Gasteiger partial charge in [-0.1, -0.05) is 0 Å². The van der Waals surface area contributed by atoms with E-state index in [0.717, 1.165) is 0 Å². The first-order valence-electron chi connectivity index (χ1n) is 7.34. The molecule has 0 aromatic heterocycles. The summed E-state index contributed by atoms with van der Waals surface area (Å²) in [6.45, 7) is 6.30. The molecule has 0 atom stereocenters. The predicted octanol–water partition coefficient (Wildman–Crippen LogP) is 2.09. The first-order chi connectivity index (χ1) is 11.0. The average molecular weight is 326 g/mol. The van der Waals surface area contributed by atoms with E-state index >= 15 is 0 Å². The molecule has 0 bridgehead atoms. The Hall–Kier alpha value is -2.64. The van der Waals surface area contributed by atoms with Crippen LogP contribution >= 0.6 is 0 Å². The molecule has 0 aliphatic heterocycles. The third-order valence-electron chi connectivity index (χ3n) is 2.57. The first-order valence-corrected chi connectivity index (χ1v) is 7.34. The van der Waals surface area contributed by atoms with Crippen molar-refractivity contribution in [1.29, 1.82) is 0 Å². The van der Waals surface area contributed by atoms with Gasteiger partial charge in [-0.05, 0) is 20.8 Å². The van der Waals surface area contributed by atoms with Gasteiger partial charge in [0.15, 0.2) is 11.5 Å². The van der Waals surface area contributed by atoms with Crippen molar-refractivity contribution in [3.05, 3.63) is 12.1 Å². The fourth-order valence-corrected chi connectivity index (χ4v) is 1.79. The van der Waals surface area contributed by atoms with Crippen molar-refractivity contribution in [3.8, 4) is 17.2 Å². The van der Waals surface area contributed by atoms with Crippen LogP contribution in [0.1, 0.15) is 20.8 Å². The number of amides is 2. The van der Waals surface area contributed by atoms with Crippen LogP contribution in [0.2, 0.25) is 0 Å². The molecule has 0 heterocycles. The zero-order chi connectivity index (χ0) is 17.2. The Bertz CT molecular complexity index is 520. The lowest BCUT2D eigenvalue weighted by Gasteiger charge is -2.17. The topological polar surface area (TPSA) is 106 Å². The number of aliphatic carboxylic acids is 1. The summed E-state index contributed by atoms with van der Waals surface area (Å²) in [6.07, 6.45) is 0. The quantitative estimate of drug-likeness (QED) is 0.641. The number of hydrogen-bond donors (Lipinski definition) is 3. The molecule has 0 saturated heterocycles. The molecule has 3 N–H and O–H groups in total. The van der Waals surface area contributed by atoms with E-state index in [1.54, 1.807) is 12.1 Å². The highest BCUT2D eigenvalue weighted by molar-refractivity contribution is 5.92. The van der Waals surface area contributed by atoms with Gasteiger partial charge in [-0.15, -0.1) is 0 Å². The maximum atomic E-state index is 11.7. The molecule has 8 heteroatoms. The van der Waals surface area contributed by atoms with Crippen molar-refractivity contribution in [2.75, 3.05) is 31.7 Å². The summed E-state index contributed by atoms with van der Waals surface area (Å²) in [7, 11) is 0. The summed E-state index contributed by atoms with van der Waals surface area (Å²) < 4.78 is 16.6. The van der Waals surface area contributed by atoms with Gasteiger partial charge in [0.05, 0.1) is 25.5 Å². The minimum absolute atomic E-state index is 0.406. The number of ether oxygens (including phenoxy) is 3. The van der Waals surface area contributed by atoms with Crippen LogP contribution in [0.25, 0.3) is 0 Å². The largest absolute Gasteiger partial charge is 0.490 e. The molecule has 1 aromatic rings. The highest BCUT2D eigenvalue weighted by Crippen LogP contribution is 2.40. The minimum atomic E-state index is -1.13. The Morgan fingerprint density at radius 2 is 1.52 bits per heavy atom. The Morgan fingerprint density at radius 3 is 1.96 bits per heavy atom. The normalized spacial score (nSPS) is 9.87. The zero-order valence-corrected chi connectivity index (χ0v) is 13.5. The van der Waals surface area contributed by atoms with Crippen molar-refractivity contribution < 1.29 is 28.9 Å². The second-order valence-electron chi connectivity index (χ2n) is 4.30. The van der Waals surface area contributed by atoms with E-state index in [-0.39, 0.29) is 0 Å². The molecule has 0 aliphatic carbocycles. The van der Waals surface area contributed by atoms with Crippen molar-refractivity contribution in [2.24, 2.45) is 0 Å². The van der Waals surface area contributed by atoms with E-state index in [2.05, 4.69) is 10.6 Å². The van der Waals surface area contributed by atoms with Crippen LogP contribution in [-0.4, -0.2) is 43.5 Å². The molecule has 0 fully saturated rings. The number of carbonyl (C=O) groups is 2. The molecule has 23 heavy (non-hydrogen) atoms. The minimum Gasteiger partial charge on any atom is -0.490 e. The van der Waals surface area contributed by atoms with Crippen LogP contribution in [0, 0.1) is 0 Å². The van der Waals surface area contributed by atoms with E-state index in [9.17, 15) is 9.59 Å². The fourth-order valence-electron chi connectivity index (χ4n) is 1.79. The number of benzene rings is 1. The van der Waals surface area contributed by atoms with Crippen molar-refractivity contribution in [3.63, 3.8) is 0 Å². The van der Waals surface area contributed by atoms with Crippen molar-refractivity contribution in [1.82, 2.24) is 5.32 Å². The predicted molar refractivity (Wildman–Crippen MR) is 84.6 cm³/mol. The maximum absolute atomic E-state index is 11.7. The van der Waals surface area contributed by atoms with Crippen molar-refractivity contribution in [2.45, 2.75) is 20.8 Å². The van der Waals surface area contributed by atoms with Gasteiger partial charge < -0.3 is 30.0 Å². The Labute approximate surface area is 134 Å². The van der Waals surface area contributed by atoms with E-state index < -0.39 is 18.5 Å². The van der Waals surface area contributed by atoms with Crippen LogP contribution in [0.4, 0.5) is 10.5 Å². The number of nitrogens with one attached hydrogen (secondary N) is 2. The summed E-state index contributed by atoms with van der Waals surface area (Å²) >= 11 is 0. The molecular formula is C15H22N2O6. The van der Waals surface area contributed by atoms with Gasteiger partial charge in [-0.2, -0.15) is 0 Å². The Kier molecular flexibility index (Phi) is 7.52. The van der Waals surface area contributed by atoms with Gasteiger partial charge in [-0.25, -0.2) is 4.79 Å². The third kappa shape index (κ3) is 5.93.